The number of anilines is 1. The van der Waals surface area contributed by atoms with Crippen molar-refractivity contribution < 1.29 is 23.1 Å². The van der Waals surface area contributed by atoms with E-state index in [9.17, 15) is 23.1 Å². The Labute approximate surface area is 146 Å². The largest absolute Gasteiger partial charge is 0.508 e. The second-order valence-corrected chi connectivity index (χ2v) is 9.07. The molecule has 0 spiro atoms. The van der Waals surface area contributed by atoms with E-state index in [0.29, 0.717) is 31.6 Å². The van der Waals surface area contributed by atoms with Gasteiger partial charge in [0.1, 0.15) is 15.6 Å². The molecule has 1 aromatic rings. The molecule has 25 heavy (non-hydrogen) atoms. The average molecular weight is 366 g/mol. The van der Waals surface area contributed by atoms with Crippen molar-refractivity contribution in [2.45, 2.75) is 19.3 Å². The van der Waals surface area contributed by atoms with Crippen LogP contribution in [0.1, 0.15) is 19.3 Å². The van der Waals surface area contributed by atoms with E-state index in [0.717, 1.165) is 0 Å². The molecule has 1 unspecified atom stereocenters. The lowest BCUT2D eigenvalue weighted by Crippen LogP contribution is -2.38. The molecule has 136 valence electrons. The number of phenols is 1. The van der Waals surface area contributed by atoms with Crippen molar-refractivity contribution in [2.24, 2.45) is 11.8 Å². The van der Waals surface area contributed by atoms with Crippen LogP contribution in [0.15, 0.2) is 24.3 Å². The summed E-state index contributed by atoms with van der Waals surface area (Å²) < 4.78 is 22.9. The minimum Gasteiger partial charge on any atom is -0.508 e. The highest BCUT2D eigenvalue weighted by Crippen LogP contribution is 2.27. The summed E-state index contributed by atoms with van der Waals surface area (Å²) in [6.07, 6.45) is 1.31. The molecule has 8 heteroatoms. The van der Waals surface area contributed by atoms with Crippen LogP contribution in [-0.2, 0) is 19.4 Å². The van der Waals surface area contributed by atoms with E-state index in [1.807, 2.05) is 0 Å². The molecule has 0 radical (unpaired) electrons. The summed E-state index contributed by atoms with van der Waals surface area (Å²) >= 11 is 0. The number of nitrogens with one attached hydrogen (secondary N) is 1. The monoisotopic (exact) mass is 366 g/mol. The minimum atomic E-state index is -2.90. The maximum atomic E-state index is 12.3. The quantitative estimate of drug-likeness (QED) is 0.816. The van der Waals surface area contributed by atoms with Gasteiger partial charge in [-0.3, -0.25) is 9.59 Å². The van der Waals surface area contributed by atoms with Crippen molar-refractivity contribution in [1.29, 1.82) is 0 Å². The van der Waals surface area contributed by atoms with Gasteiger partial charge in [-0.05, 0) is 43.0 Å². The summed E-state index contributed by atoms with van der Waals surface area (Å²) in [7, 11) is -2.90. The molecule has 2 fully saturated rings. The Bertz CT molecular complexity index is 746. The first kappa shape index (κ1) is 17.7. The molecule has 2 N–H and O–H groups in total. The fourth-order valence-electron chi connectivity index (χ4n) is 3.30. The molecule has 0 aromatic heterocycles. The van der Waals surface area contributed by atoms with Gasteiger partial charge in [0.2, 0.25) is 11.8 Å². The van der Waals surface area contributed by atoms with Crippen molar-refractivity contribution in [3.05, 3.63) is 24.3 Å². The number of benzene rings is 1. The standard InChI is InChI=1S/C17H22N2O5S/c20-15-3-1-14(2-4-15)19-11-13(9-16(19)21)17(22)18-10-12-5-7-25(23,24)8-6-12/h1-4,12-13,20H,5-11H2,(H,18,22). The molecule has 2 amide bonds. The molecule has 2 heterocycles. The van der Waals surface area contributed by atoms with Gasteiger partial charge < -0.3 is 15.3 Å². The molecule has 7 nitrogen and oxygen atoms in total. The normalized spacial score (nSPS) is 23.6. The van der Waals surface area contributed by atoms with Crippen molar-refractivity contribution in [3.63, 3.8) is 0 Å². The van der Waals surface area contributed by atoms with Gasteiger partial charge in [0.05, 0.1) is 17.4 Å². The van der Waals surface area contributed by atoms with E-state index in [1.54, 1.807) is 17.0 Å². The minimum absolute atomic E-state index is 0.116. The topological polar surface area (TPSA) is 104 Å². The Kier molecular flexibility index (Phi) is 4.99. The van der Waals surface area contributed by atoms with E-state index >= 15 is 0 Å². The average Bonchev–Trinajstić information content (AvgIpc) is 2.96. The Hall–Kier alpha value is -2.09. The third kappa shape index (κ3) is 4.31. The molecule has 2 saturated heterocycles. The maximum Gasteiger partial charge on any atom is 0.227 e. The van der Waals surface area contributed by atoms with Gasteiger partial charge in [-0.1, -0.05) is 0 Å². The van der Waals surface area contributed by atoms with Crippen LogP contribution < -0.4 is 10.2 Å². The zero-order valence-electron chi connectivity index (χ0n) is 13.8. The number of aromatic hydroxyl groups is 1. The summed E-state index contributed by atoms with van der Waals surface area (Å²) in [5.41, 5.74) is 0.663. The van der Waals surface area contributed by atoms with E-state index in [1.165, 1.54) is 12.1 Å². The number of hydrogen-bond acceptors (Lipinski definition) is 5. The van der Waals surface area contributed by atoms with Gasteiger partial charge in [-0.15, -0.1) is 0 Å². The van der Waals surface area contributed by atoms with Crippen molar-refractivity contribution in [2.75, 3.05) is 29.5 Å². The number of amides is 2. The molecule has 1 atom stereocenters. The van der Waals surface area contributed by atoms with Crippen LogP contribution >= 0.6 is 0 Å². The maximum absolute atomic E-state index is 12.3. The Morgan fingerprint density at radius 3 is 2.48 bits per heavy atom. The second kappa shape index (κ2) is 7.03. The SMILES string of the molecule is O=C(NCC1CCS(=O)(=O)CC1)C1CC(=O)N(c2ccc(O)cc2)C1. The number of hydrogen-bond donors (Lipinski definition) is 2. The molecule has 2 aliphatic rings. The zero-order valence-corrected chi connectivity index (χ0v) is 14.7. The number of rotatable bonds is 4. The van der Waals surface area contributed by atoms with Gasteiger partial charge in [0.15, 0.2) is 0 Å². The van der Waals surface area contributed by atoms with Crippen LogP contribution in [-0.4, -0.2) is 49.9 Å². The second-order valence-electron chi connectivity index (χ2n) is 6.76. The Morgan fingerprint density at radius 1 is 1.20 bits per heavy atom. The highest BCUT2D eigenvalue weighted by molar-refractivity contribution is 7.91. The third-order valence-corrected chi connectivity index (χ3v) is 6.61. The third-order valence-electron chi connectivity index (χ3n) is 4.90. The fourth-order valence-corrected chi connectivity index (χ4v) is 4.89. The van der Waals surface area contributed by atoms with Crippen LogP contribution in [0.3, 0.4) is 0 Å². The van der Waals surface area contributed by atoms with Gasteiger partial charge in [-0.2, -0.15) is 0 Å². The van der Waals surface area contributed by atoms with Crippen molar-refractivity contribution >= 4 is 27.3 Å². The molecular formula is C17H22N2O5S. The predicted octanol–water partition coefficient (Wildman–Crippen LogP) is 0.686. The lowest BCUT2D eigenvalue weighted by atomic mass is 10.0. The van der Waals surface area contributed by atoms with Crippen LogP contribution in [0.4, 0.5) is 5.69 Å². The number of sulfone groups is 1. The highest BCUT2D eigenvalue weighted by atomic mass is 32.2. The van der Waals surface area contributed by atoms with E-state index in [4.69, 9.17) is 0 Å². The summed E-state index contributed by atoms with van der Waals surface area (Å²) in [6, 6.07) is 6.31. The molecular weight excluding hydrogens is 344 g/mol. The first-order valence-electron chi connectivity index (χ1n) is 8.41. The van der Waals surface area contributed by atoms with Crippen LogP contribution in [0, 0.1) is 11.8 Å². The molecule has 3 rings (SSSR count). The molecule has 0 saturated carbocycles. The predicted molar refractivity (Wildman–Crippen MR) is 93.0 cm³/mol. The fraction of sp³-hybridized carbons (Fsp3) is 0.529. The molecule has 2 aliphatic heterocycles. The van der Waals surface area contributed by atoms with Crippen LogP contribution in [0.25, 0.3) is 0 Å². The first-order chi connectivity index (χ1) is 11.8. The molecule has 0 bridgehead atoms. The first-order valence-corrected chi connectivity index (χ1v) is 10.2. The highest BCUT2D eigenvalue weighted by Gasteiger charge is 2.35. The summed E-state index contributed by atoms with van der Waals surface area (Å²) in [6.45, 7) is 0.771. The summed E-state index contributed by atoms with van der Waals surface area (Å²) in [5, 5.41) is 12.2. The molecule has 1 aromatic carbocycles. The zero-order chi connectivity index (χ0) is 18.0. The van der Waals surface area contributed by atoms with E-state index < -0.39 is 15.8 Å². The summed E-state index contributed by atoms with van der Waals surface area (Å²) in [5.74, 6) is -0.0167. The number of carbonyl (C=O) groups excluding carboxylic acids is 2. The number of nitrogens with zero attached hydrogens (tertiary/aromatic N) is 1. The lowest BCUT2D eigenvalue weighted by molar-refractivity contribution is -0.126. The Morgan fingerprint density at radius 2 is 1.84 bits per heavy atom. The van der Waals surface area contributed by atoms with Crippen LogP contribution in [0.2, 0.25) is 0 Å². The van der Waals surface area contributed by atoms with Gasteiger partial charge in [0.25, 0.3) is 0 Å². The van der Waals surface area contributed by atoms with Crippen LogP contribution in [0.5, 0.6) is 5.75 Å². The summed E-state index contributed by atoms with van der Waals surface area (Å²) in [4.78, 5) is 26.1. The van der Waals surface area contributed by atoms with Gasteiger partial charge >= 0.3 is 0 Å². The number of phenolic OH excluding ortho intramolecular Hbond substituents is 1. The van der Waals surface area contributed by atoms with E-state index in [-0.39, 0.29) is 41.4 Å². The number of carbonyl (C=O) groups is 2. The van der Waals surface area contributed by atoms with Gasteiger partial charge in [0, 0.05) is 25.2 Å². The smallest absolute Gasteiger partial charge is 0.227 e. The lowest BCUT2D eigenvalue weighted by Gasteiger charge is -2.23. The Balaban J connectivity index is 1.52. The van der Waals surface area contributed by atoms with Crippen molar-refractivity contribution in [3.8, 4) is 5.75 Å². The molecule has 0 aliphatic carbocycles. The van der Waals surface area contributed by atoms with E-state index in [2.05, 4.69) is 5.32 Å². The van der Waals surface area contributed by atoms with Crippen molar-refractivity contribution in [1.82, 2.24) is 5.32 Å². The van der Waals surface area contributed by atoms with Gasteiger partial charge in [-0.25, -0.2) is 8.42 Å².